The van der Waals surface area contributed by atoms with Crippen molar-refractivity contribution < 1.29 is 9.66 Å². The minimum absolute atomic E-state index is 0.0839. The third-order valence-corrected chi connectivity index (χ3v) is 5.97. The summed E-state index contributed by atoms with van der Waals surface area (Å²) in [6.07, 6.45) is 2.84. The lowest BCUT2D eigenvalue weighted by atomic mass is 9.99. The van der Waals surface area contributed by atoms with Gasteiger partial charge in [0.05, 0.1) is 23.4 Å². The topological polar surface area (TPSA) is 98.9 Å². The second kappa shape index (κ2) is 7.97. The number of anilines is 1. The van der Waals surface area contributed by atoms with Gasteiger partial charge in [-0.3, -0.25) is 15.0 Å². The molecule has 0 saturated carbocycles. The molecule has 32 heavy (non-hydrogen) atoms. The monoisotopic (exact) mass is 429 g/mol. The smallest absolute Gasteiger partial charge is 0.311 e. The second-order valence-corrected chi connectivity index (χ2v) is 7.97. The van der Waals surface area contributed by atoms with E-state index in [1.807, 2.05) is 28.8 Å². The summed E-state index contributed by atoms with van der Waals surface area (Å²) in [5, 5.41) is 11.6. The van der Waals surface area contributed by atoms with Crippen LogP contribution in [0.2, 0.25) is 0 Å². The normalized spacial score (nSPS) is 13.8. The number of methoxy groups -OCH3 is 1. The summed E-state index contributed by atoms with van der Waals surface area (Å²) in [5.41, 5.74) is 12.4. The number of nitrogens with two attached hydrogens (primary N) is 1. The van der Waals surface area contributed by atoms with E-state index in [-0.39, 0.29) is 11.4 Å². The van der Waals surface area contributed by atoms with Gasteiger partial charge in [0, 0.05) is 43.1 Å². The Kier molecular flexibility index (Phi) is 4.99. The molecule has 0 unspecified atom stereocenters. The summed E-state index contributed by atoms with van der Waals surface area (Å²) in [6, 6.07) is 17.1. The molecule has 0 bridgehead atoms. The van der Waals surface area contributed by atoms with Crippen LogP contribution in [0.25, 0.3) is 16.9 Å². The van der Waals surface area contributed by atoms with Crippen LogP contribution in [0.1, 0.15) is 16.8 Å². The van der Waals surface area contributed by atoms with E-state index in [0.717, 1.165) is 30.9 Å². The molecule has 0 aliphatic carbocycles. The van der Waals surface area contributed by atoms with Crippen molar-refractivity contribution in [3.05, 3.63) is 87.7 Å². The van der Waals surface area contributed by atoms with Gasteiger partial charge in [-0.1, -0.05) is 24.3 Å². The fraction of sp³-hybridized carbons (Fsp3) is 0.208. The van der Waals surface area contributed by atoms with Crippen LogP contribution >= 0.6 is 0 Å². The summed E-state index contributed by atoms with van der Waals surface area (Å²) in [5.74, 6) is 0.223. The molecule has 0 atom stereocenters. The van der Waals surface area contributed by atoms with Gasteiger partial charge in [0.1, 0.15) is 5.65 Å². The van der Waals surface area contributed by atoms with Crippen LogP contribution in [-0.2, 0) is 19.5 Å². The van der Waals surface area contributed by atoms with Crippen molar-refractivity contribution >= 4 is 17.0 Å². The van der Waals surface area contributed by atoms with Crippen LogP contribution in [0.3, 0.4) is 0 Å². The van der Waals surface area contributed by atoms with Crippen molar-refractivity contribution in [1.29, 1.82) is 0 Å². The van der Waals surface area contributed by atoms with Gasteiger partial charge in [-0.15, -0.1) is 0 Å². The first-order valence-electron chi connectivity index (χ1n) is 10.4. The number of rotatable bonds is 5. The molecule has 1 aliphatic rings. The fourth-order valence-corrected chi connectivity index (χ4v) is 4.37. The third-order valence-electron chi connectivity index (χ3n) is 5.97. The maximum Gasteiger partial charge on any atom is 0.311 e. The average Bonchev–Trinajstić information content (AvgIpc) is 3.16. The molecular weight excluding hydrogens is 406 g/mol. The van der Waals surface area contributed by atoms with E-state index in [9.17, 15) is 10.1 Å². The van der Waals surface area contributed by atoms with Gasteiger partial charge >= 0.3 is 5.69 Å². The Morgan fingerprint density at radius 1 is 1.16 bits per heavy atom. The van der Waals surface area contributed by atoms with Crippen LogP contribution in [0.15, 0.2) is 60.8 Å². The number of ether oxygens (including phenoxy) is 1. The van der Waals surface area contributed by atoms with E-state index in [1.165, 1.54) is 24.3 Å². The molecule has 162 valence electrons. The molecule has 0 fully saturated rings. The molecule has 5 rings (SSSR count). The van der Waals surface area contributed by atoms with E-state index in [2.05, 4.69) is 29.2 Å². The van der Waals surface area contributed by atoms with Crippen molar-refractivity contribution in [2.75, 3.05) is 19.4 Å². The van der Waals surface area contributed by atoms with Gasteiger partial charge in [-0.05, 0) is 41.8 Å². The number of nitrogens with zero attached hydrogens (tertiary/aromatic N) is 4. The zero-order valence-corrected chi connectivity index (χ0v) is 17.7. The van der Waals surface area contributed by atoms with Crippen LogP contribution in [0.5, 0.6) is 5.75 Å². The predicted molar refractivity (Wildman–Crippen MR) is 123 cm³/mol. The fourth-order valence-electron chi connectivity index (χ4n) is 4.37. The quantitative estimate of drug-likeness (QED) is 0.379. The number of fused-ring (bicyclic) bond motifs is 2. The number of benzene rings is 2. The summed E-state index contributed by atoms with van der Waals surface area (Å²) < 4.78 is 7.15. The van der Waals surface area contributed by atoms with E-state index >= 15 is 0 Å². The second-order valence-electron chi connectivity index (χ2n) is 7.97. The molecule has 8 nitrogen and oxygen atoms in total. The predicted octanol–water partition coefficient (Wildman–Crippen LogP) is 4.06. The highest BCUT2D eigenvalue weighted by molar-refractivity contribution is 5.71. The van der Waals surface area contributed by atoms with Crippen molar-refractivity contribution in [2.45, 2.75) is 19.5 Å². The molecule has 3 heterocycles. The Labute approximate surface area is 185 Å². The maximum absolute atomic E-state index is 11.6. The van der Waals surface area contributed by atoms with Crippen LogP contribution < -0.4 is 10.5 Å². The Balaban J connectivity index is 1.59. The Morgan fingerprint density at radius 3 is 2.75 bits per heavy atom. The Hall–Kier alpha value is -3.91. The molecule has 0 spiro atoms. The number of hydrogen-bond donors (Lipinski definition) is 1. The molecule has 0 amide bonds. The summed E-state index contributed by atoms with van der Waals surface area (Å²) in [4.78, 5) is 18.3. The highest BCUT2D eigenvalue weighted by Crippen LogP contribution is 2.34. The number of hydrogen-bond acceptors (Lipinski definition) is 6. The molecule has 4 aromatic rings. The SMILES string of the molecule is COc1ccc(-c2nc3ccc(N)cn3c2CN2CCc3ccccc3C2)cc1[N+](=O)[O-]. The molecule has 8 heteroatoms. The van der Waals surface area contributed by atoms with E-state index in [0.29, 0.717) is 23.5 Å². The lowest BCUT2D eigenvalue weighted by Crippen LogP contribution is -2.30. The summed E-state index contributed by atoms with van der Waals surface area (Å²) in [7, 11) is 1.43. The van der Waals surface area contributed by atoms with Crippen molar-refractivity contribution in [3.8, 4) is 17.0 Å². The molecule has 2 N–H and O–H groups in total. The first-order valence-corrected chi connectivity index (χ1v) is 10.4. The molecule has 0 saturated heterocycles. The molecule has 2 aromatic carbocycles. The van der Waals surface area contributed by atoms with Crippen LogP contribution in [0.4, 0.5) is 11.4 Å². The number of nitro groups is 1. The van der Waals surface area contributed by atoms with Crippen molar-refractivity contribution in [2.24, 2.45) is 0 Å². The van der Waals surface area contributed by atoms with Gasteiger partial charge in [0.25, 0.3) is 0 Å². The van der Waals surface area contributed by atoms with E-state index in [1.54, 1.807) is 6.07 Å². The molecular formula is C24H23N5O3. The lowest BCUT2D eigenvalue weighted by molar-refractivity contribution is -0.385. The van der Waals surface area contributed by atoms with Gasteiger partial charge in [-0.25, -0.2) is 4.98 Å². The summed E-state index contributed by atoms with van der Waals surface area (Å²) in [6.45, 7) is 2.41. The largest absolute Gasteiger partial charge is 0.490 e. The Bertz CT molecular complexity index is 1330. The van der Waals surface area contributed by atoms with Gasteiger partial charge in [0.15, 0.2) is 5.75 Å². The number of imidazole rings is 1. The first-order chi connectivity index (χ1) is 15.5. The lowest BCUT2D eigenvalue weighted by Gasteiger charge is -2.28. The van der Waals surface area contributed by atoms with Crippen LogP contribution in [0, 0.1) is 10.1 Å². The van der Waals surface area contributed by atoms with Gasteiger partial charge in [-0.2, -0.15) is 0 Å². The average molecular weight is 429 g/mol. The Morgan fingerprint density at radius 2 is 1.97 bits per heavy atom. The van der Waals surface area contributed by atoms with E-state index in [4.69, 9.17) is 15.5 Å². The minimum Gasteiger partial charge on any atom is -0.490 e. The zero-order valence-electron chi connectivity index (χ0n) is 17.7. The number of aromatic nitrogens is 2. The first kappa shape index (κ1) is 20.0. The van der Waals surface area contributed by atoms with Crippen molar-refractivity contribution in [1.82, 2.24) is 14.3 Å². The van der Waals surface area contributed by atoms with Gasteiger partial charge in [0.2, 0.25) is 0 Å². The van der Waals surface area contributed by atoms with Gasteiger partial charge < -0.3 is 14.9 Å². The summed E-state index contributed by atoms with van der Waals surface area (Å²) >= 11 is 0. The van der Waals surface area contributed by atoms with E-state index < -0.39 is 4.92 Å². The maximum atomic E-state index is 11.6. The number of pyridine rings is 1. The highest BCUT2D eigenvalue weighted by atomic mass is 16.6. The number of nitro benzene ring substituents is 1. The zero-order chi connectivity index (χ0) is 22.2. The number of nitrogen functional groups attached to an aromatic ring is 1. The standard InChI is InChI=1S/C24H23N5O3/c1-32-22-8-6-17(12-20(22)29(30)31)24-21(28-14-19(25)7-9-23(28)26-24)15-27-11-10-16-4-2-3-5-18(16)13-27/h2-9,12,14H,10-11,13,15,25H2,1H3. The molecule has 1 aliphatic heterocycles. The van der Waals surface area contributed by atoms with Crippen molar-refractivity contribution in [3.63, 3.8) is 0 Å². The molecule has 2 aromatic heterocycles. The van der Waals surface area contributed by atoms with Crippen LogP contribution in [-0.4, -0.2) is 32.9 Å². The minimum atomic E-state index is -0.433. The third kappa shape index (κ3) is 3.54. The highest BCUT2D eigenvalue weighted by Gasteiger charge is 2.23. The molecule has 0 radical (unpaired) electrons.